The average molecular weight is 433 g/mol. The van der Waals surface area contributed by atoms with Gasteiger partial charge in [-0.1, -0.05) is 0 Å². The van der Waals surface area contributed by atoms with Crippen molar-refractivity contribution in [2.45, 2.75) is 20.0 Å². The van der Waals surface area contributed by atoms with Crippen LogP contribution in [0.2, 0.25) is 0 Å². The molecule has 0 aliphatic carbocycles. The number of morpholine rings is 1. The molecule has 0 atom stereocenters. The van der Waals surface area contributed by atoms with E-state index in [1.165, 1.54) is 6.33 Å². The highest BCUT2D eigenvalue weighted by molar-refractivity contribution is 9.10. The molecule has 2 aromatic heterocycles. The van der Waals surface area contributed by atoms with E-state index in [1.807, 2.05) is 26.0 Å². The van der Waals surface area contributed by atoms with Crippen molar-refractivity contribution >= 4 is 38.8 Å². The highest BCUT2D eigenvalue weighted by Crippen LogP contribution is 2.34. The monoisotopic (exact) mass is 432 g/mol. The van der Waals surface area contributed by atoms with E-state index >= 15 is 0 Å². The smallest absolute Gasteiger partial charge is 0.198 e. The molecule has 0 amide bonds. The second kappa shape index (κ2) is 7.69. The molecule has 1 aliphatic heterocycles. The SMILES string of the molecule is CC(C)Oc1cc(Nc2nc(Br)cn3ncnc23)ccc1N1CCOCC1. The third-order valence-corrected chi connectivity index (χ3v) is 4.55. The number of nitrogens with one attached hydrogen (secondary N) is 1. The molecule has 9 heteroatoms. The molecule has 1 aromatic carbocycles. The maximum absolute atomic E-state index is 6.09. The summed E-state index contributed by atoms with van der Waals surface area (Å²) in [4.78, 5) is 11.0. The number of benzene rings is 1. The molecule has 0 spiro atoms. The molecule has 4 rings (SSSR count). The Morgan fingerprint density at radius 2 is 2.07 bits per heavy atom. The van der Waals surface area contributed by atoms with E-state index in [0.29, 0.717) is 16.1 Å². The molecule has 1 N–H and O–H groups in total. The van der Waals surface area contributed by atoms with Crippen LogP contribution in [0.5, 0.6) is 5.75 Å². The van der Waals surface area contributed by atoms with Gasteiger partial charge in [0.1, 0.15) is 16.7 Å². The van der Waals surface area contributed by atoms with Gasteiger partial charge in [0.2, 0.25) is 0 Å². The van der Waals surface area contributed by atoms with Crippen molar-refractivity contribution in [3.05, 3.63) is 35.3 Å². The number of rotatable bonds is 5. The lowest BCUT2D eigenvalue weighted by Gasteiger charge is -2.31. The Balaban J connectivity index is 1.67. The van der Waals surface area contributed by atoms with Gasteiger partial charge in [-0.15, -0.1) is 0 Å². The molecule has 3 heterocycles. The van der Waals surface area contributed by atoms with E-state index in [9.17, 15) is 0 Å². The molecular formula is C18H21BrN6O2. The number of halogens is 1. The highest BCUT2D eigenvalue weighted by Gasteiger charge is 2.17. The van der Waals surface area contributed by atoms with Crippen molar-refractivity contribution in [3.8, 4) is 5.75 Å². The fourth-order valence-corrected chi connectivity index (χ4v) is 3.40. The lowest BCUT2D eigenvalue weighted by atomic mass is 10.2. The van der Waals surface area contributed by atoms with Gasteiger partial charge in [-0.05, 0) is 41.9 Å². The summed E-state index contributed by atoms with van der Waals surface area (Å²) in [6.45, 7) is 7.23. The first kappa shape index (κ1) is 18.0. The van der Waals surface area contributed by atoms with Gasteiger partial charge in [-0.3, -0.25) is 0 Å². The van der Waals surface area contributed by atoms with Gasteiger partial charge in [0.25, 0.3) is 0 Å². The molecule has 142 valence electrons. The van der Waals surface area contributed by atoms with Gasteiger partial charge >= 0.3 is 0 Å². The molecule has 1 aliphatic rings. The molecule has 0 bridgehead atoms. The summed E-state index contributed by atoms with van der Waals surface area (Å²) in [5.41, 5.74) is 2.60. The van der Waals surface area contributed by atoms with E-state index in [-0.39, 0.29) is 6.10 Å². The van der Waals surface area contributed by atoms with Crippen LogP contribution in [0.4, 0.5) is 17.2 Å². The fraction of sp³-hybridized carbons (Fsp3) is 0.389. The van der Waals surface area contributed by atoms with Crippen LogP contribution in [-0.4, -0.2) is 52.0 Å². The molecule has 1 fully saturated rings. The third-order valence-electron chi connectivity index (χ3n) is 4.17. The maximum Gasteiger partial charge on any atom is 0.198 e. The van der Waals surface area contributed by atoms with E-state index in [1.54, 1.807) is 10.7 Å². The van der Waals surface area contributed by atoms with Crippen LogP contribution in [0, 0.1) is 0 Å². The largest absolute Gasteiger partial charge is 0.489 e. The van der Waals surface area contributed by atoms with Crippen LogP contribution in [0.1, 0.15) is 13.8 Å². The normalized spacial score (nSPS) is 14.7. The minimum Gasteiger partial charge on any atom is -0.489 e. The number of hydrogen-bond donors (Lipinski definition) is 1. The average Bonchev–Trinajstić information content (AvgIpc) is 3.11. The summed E-state index contributed by atoms with van der Waals surface area (Å²) in [6.07, 6.45) is 3.35. The molecule has 3 aromatic rings. The van der Waals surface area contributed by atoms with Gasteiger partial charge in [0, 0.05) is 24.8 Å². The first-order valence-corrected chi connectivity index (χ1v) is 9.66. The van der Waals surface area contributed by atoms with Crippen molar-refractivity contribution in [2.24, 2.45) is 0 Å². The van der Waals surface area contributed by atoms with Crippen LogP contribution in [0.15, 0.2) is 35.3 Å². The summed E-state index contributed by atoms with van der Waals surface area (Å²) in [6, 6.07) is 6.10. The maximum atomic E-state index is 6.09. The number of ether oxygens (including phenoxy) is 2. The zero-order valence-corrected chi connectivity index (χ0v) is 16.8. The summed E-state index contributed by atoms with van der Waals surface area (Å²) in [5.74, 6) is 1.46. The van der Waals surface area contributed by atoms with Gasteiger partial charge in [0.05, 0.1) is 31.2 Å². The van der Waals surface area contributed by atoms with Gasteiger partial charge in [0.15, 0.2) is 11.5 Å². The number of fused-ring (bicyclic) bond motifs is 1. The zero-order chi connectivity index (χ0) is 18.8. The lowest BCUT2D eigenvalue weighted by Crippen LogP contribution is -2.36. The second-order valence-corrected chi connectivity index (χ2v) is 7.33. The first-order chi connectivity index (χ1) is 13.1. The number of nitrogens with zero attached hydrogens (tertiary/aromatic N) is 5. The molecule has 1 saturated heterocycles. The number of anilines is 3. The molecule has 27 heavy (non-hydrogen) atoms. The Morgan fingerprint density at radius 3 is 2.85 bits per heavy atom. The quantitative estimate of drug-likeness (QED) is 0.662. The van der Waals surface area contributed by atoms with Crippen LogP contribution in [0.3, 0.4) is 0 Å². The molecular weight excluding hydrogens is 412 g/mol. The molecule has 8 nitrogen and oxygen atoms in total. The van der Waals surface area contributed by atoms with Crippen molar-refractivity contribution < 1.29 is 9.47 Å². The Hall–Kier alpha value is -2.39. The Morgan fingerprint density at radius 1 is 1.26 bits per heavy atom. The Labute approximate surface area is 165 Å². The standard InChI is InChI=1S/C18H21BrN6O2/c1-12(2)27-15-9-13(3-4-14(15)24-5-7-26-8-6-24)22-17-18-20-11-21-25(18)10-16(19)23-17/h3-4,9-12H,5-8H2,1-2H3,(H,22,23). The predicted octanol–water partition coefficient (Wildman–Crippen LogP) is 3.25. The van der Waals surface area contributed by atoms with Crippen LogP contribution in [-0.2, 0) is 4.74 Å². The van der Waals surface area contributed by atoms with Crippen molar-refractivity contribution in [1.29, 1.82) is 0 Å². The van der Waals surface area contributed by atoms with Crippen molar-refractivity contribution in [2.75, 3.05) is 36.5 Å². The molecule has 0 radical (unpaired) electrons. The summed E-state index contributed by atoms with van der Waals surface area (Å²) in [7, 11) is 0. The predicted molar refractivity (Wildman–Crippen MR) is 107 cm³/mol. The molecule has 0 unspecified atom stereocenters. The van der Waals surface area contributed by atoms with Gasteiger partial charge in [-0.25, -0.2) is 14.5 Å². The van der Waals surface area contributed by atoms with E-state index in [0.717, 1.165) is 43.4 Å². The summed E-state index contributed by atoms with van der Waals surface area (Å²) >= 11 is 3.41. The molecule has 0 saturated carbocycles. The highest BCUT2D eigenvalue weighted by atomic mass is 79.9. The second-order valence-electron chi connectivity index (χ2n) is 6.51. The fourth-order valence-electron chi connectivity index (χ4n) is 3.03. The topological polar surface area (TPSA) is 76.8 Å². The van der Waals surface area contributed by atoms with Gasteiger partial charge < -0.3 is 19.7 Å². The minimum absolute atomic E-state index is 0.0761. The van der Waals surface area contributed by atoms with E-state index < -0.39 is 0 Å². The number of hydrogen-bond acceptors (Lipinski definition) is 7. The summed E-state index contributed by atoms with van der Waals surface area (Å²) < 4.78 is 13.9. The summed E-state index contributed by atoms with van der Waals surface area (Å²) in [5, 5.41) is 7.50. The van der Waals surface area contributed by atoms with E-state index in [4.69, 9.17) is 9.47 Å². The Kier molecular flexibility index (Phi) is 5.13. The third kappa shape index (κ3) is 3.98. The Bertz CT molecular complexity index is 939. The van der Waals surface area contributed by atoms with Crippen molar-refractivity contribution in [1.82, 2.24) is 19.6 Å². The zero-order valence-electron chi connectivity index (χ0n) is 15.2. The van der Waals surface area contributed by atoms with Crippen LogP contribution in [0.25, 0.3) is 5.65 Å². The van der Waals surface area contributed by atoms with Gasteiger partial charge in [-0.2, -0.15) is 5.10 Å². The minimum atomic E-state index is 0.0761. The van der Waals surface area contributed by atoms with Crippen molar-refractivity contribution in [3.63, 3.8) is 0 Å². The number of aromatic nitrogens is 4. The van der Waals surface area contributed by atoms with E-state index in [2.05, 4.69) is 47.3 Å². The first-order valence-electron chi connectivity index (χ1n) is 8.86. The van der Waals surface area contributed by atoms with Crippen LogP contribution < -0.4 is 15.0 Å². The van der Waals surface area contributed by atoms with Crippen LogP contribution >= 0.6 is 15.9 Å². The lowest BCUT2D eigenvalue weighted by molar-refractivity contribution is 0.122.